The van der Waals surface area contributed by atoms with E-state index in [9.17, 15) is 18.0 Å². The fraction of sp³-hybridized carbons (Fsp3) is 0.750. The number of amides is 1. The van der Waals surface area contributed by atoms with E-state index in [1.807, 2.05) is 0 Å². The van der Waals surface area contributed by atoms with E-state index in [0.29, 0.717) is 0 Å². The molecule has 1 fully saturated rings. The predicted octanol–water partition coefficient (Wildman–Crippen LogP) is 3.09. The maximum atomic E-state index is 13.0. The van der Waals surface area contributed by atoms with Crippen molar-refractivity contribution in [1.82, 2.24) is 4.90 Å². The summed E-state index contributed by atoms with van der Waals surface area (Å²) < 4.78 is 48.7. The monoisotopic (exact) mass is 281 g/mol. The van der Waals surface area contributed by atoms with E-state index in [1.165, 1.54) is 0 Å². The molecule has 0 spiro atoms. The number of nitrogens with zero attached hydrogens (tertiary/aromatic N) is 1. The number of hydrogen-bond donors (Lipinski definition) is 0. The molecule has 7 heteroatoms. The van der Waals surface area contributed by atoms with E-state index in [2.05, 4.69) is 11.3 Å². The van der Waals surface area contributed by atoms with Crippen molar-refractivity contribution in [2.75, 3.05) is 13.7 Å². The smallest absolute Gasteiger partial charge is 0.419 e. The van der Waals surface area contributed by atoms with Crippen LogP contribution in [0.25, 0.3) is 0 Å². The molecule has 0 aromatic rings. The van der Waals surface area contributed by atoms with Crippen LogP contribution in [0.3, 0.4) is 0 Å². The van der Waals surface area contributed by atoms with E-state index in [0.717, 1.165) is 12.0 Å². The highest BCUT2D eigenvalue weighted by atomic mass is 19.4. The van der Waals surface area contributed by atoms with Gasteiger partial charge in [0.1, 0.15) is 5.60 Å². The second-order valence-corrected chi connectivity index (χ2v) is 5.51. The van der Waals surface area contributed by atoms with E-state index >= 15 is 0 Å². The van der Waals surface area contributed by atoms with E-state index in [-0.39, 0.29) is 5.70 Å². The van der Waals surface area contributed by atoms with E-state index < -0.39 is 36.4 Å². The molecule has 1 saturated heterocycles. The lowest BCUT2D eigenvalue weighted by atomic mass is 10.0. The first kappa shape index (κ1) is 15.8. The Kier molecular flexibility index (Phi) is 3.91. The third-order valence-corrected chi connectivity index (χ3v) is 2.81. The first-order valence-electron chi connectivity index (χ1n) is 5.72. The molecule has 0 saturated carbocycles. The molecule has 0 radical (unpaired) electrons. The fourth-order valence-corrected chi connectivity index (χ4v) is 1.80. The number of carbonyl (C=O) groups excluding carboxylic acids is 1. The maximum absolute atomic E-state index is 13.0. The fourth-order valence-electron chi connectivity index (χ4n) is 1.80. The highest BCUT2D eigenvalue weighted by molar-refractivity contribution is 5.71. The molecule has 1 amide bonds. The Morgan fingerprint density at radius 2 is 1.89 bits per heavy atom. The second kappa shape index (κ2) is 4.70. The number of likely N-dealkylation sites (tertiary alicyclic amines) is 1. The van der Waals surface area contributed by atoms with Gasteiger partial charge in [0, 0.05) is 19.2 Å². The molecular formula is C12H18F3NO3. The normalized spacial score (nSPS) is 24.8. The molecule has 0 bridgehead atoms. The number of hydrogen-bond acceptors (Lipinski definition) is 3. The van der Waals surface area contributed by atoms with Gasteiger partial charge in [0.05, 0.1) is 6.54 Å². The summed E-state index contributed by atoms with van der Waals surface area (Å²) in [6.45, 7) is 7.76. The minimum absolute atomic E-state index is 0.0356. The van der Waals surface area contributed by atoms with E-state index in [1.54, 1.807) is 20.8 Å². The van der Waals surface area contributed by atoms with Crippen molar-refractivity contribution in [2.45, 2.75) is 44.6 Å². The standard InChI is InChI=1S/C12H18F3NO3/c1-8-6-11(18-5,12(13,14)15)7-16(8)9(17)19-10(2,3)4/h1,6-7H2,2-5H3/t11-/m0/s1. The zero-order valence-electron chi connectivity index (χ0n) is 11.4. The maximum Gasteiger partial charge on any atom is 0.419 e. The Morgan fingerprint density at radius 3 is 2.21 bits per heavy atom. The van der Waals surface area contributed by atoms with Crippen molar-refractivity contribution in [1.29, 1.82) is 0 Å². The number of halogens is 3. The van der Waals surface area contributed by atoms with Crippen molar-refractivity contribution in [3.63, 3.8) is 0 Å². The van der Waals surface area contributed by atoms with Gasteiger partial charge in [-0.1, -0.05) is 6.58 Å². The molecule has 1 aliphatic rings. The van der Waals surface area contributed by atoms with Crippen LogP contribution in [0.4, 0.5) is 18.0 Å². The van der Waals surface area contributed by atoms with Crippen molar-refractivity contribution in [3.8, 4) is 0 Å². The van der Waals surface area contributed by atoms with Crippen LogP contribution in [0.1, 0.15) is 27.2 Å². The quantitative estimate of drug-likeness (QED) is 0.741. The van der Waals surface area contributed by atoms with Crippen LogP contribution in [-0.2, 0) is 9.47 Å². The molecule has 19 heavy (non-hydrogen) atoms. The van der Waals surface area contributed by atoms with Gasteiger partial charge in [-0.05, 0) is 20.8 Å². The topological polar surface area (TPSA) is 38.8 Å². The lowest BCUT2D eigenvalue weighted by Crippen LogP contribution is -2.50. The molecule has 1 aliphatic heterocycles. The average Bonchev–Trinajstić information content (AvgIpc) is 2.53. The minimum Gasteiger partial charge on any atom is -0.443 e. The average molecular weight is 281 g/mol. The number of ether oxygens (including phenoxy) is 2. The Balaban J connectivity index is 2.91. The summed E-state index contributed by atoms with van der Waals surface area (Å²) in [4.78, 5) is 12.7. The Hall–Kier alpha value is -1.24. The van der Waals surface area contributed by atoms with Gasteiger partial charge in [-0.2, -0.15) is 13.2 Å². The molecule has 0 unspecified atom stereocenters. The molecule has 1 heterocycles. The molecular weight excluding hydrogens is 263 g/mol. The minimum atomic E-state index is -4.58. The van der Waals surface area contributed by atoms with Crippen molar-refractivity contribution >= 4 is 6.09 Å². The van der Waals surface area contributed by atoms with Gasteiger partial charge in [-0.15, -0.1) is 0 Å². The summed E-state index contributed by atoms with van der Waals surface area (Å²) in [5, 5.41) is 0. The first-order chi connectivity index (χ1) is 8.42. The Morgan fingerprint density at radius 1 is 1.37 bits per heavy atom. The van der Waals surface area contributed by atoms with Crippen LogP contribution >= 0.6 is 0 Å². The van der Waals surface area contributed by atoms with Crippen LogP contribution in [0.5, 0.6) is 0 Å². The van der Waals surface area contributed by atoms with Gasteiger partial charge in [-0.25, -0.2) is 4.79 Å². The van der Waals surface area contributed by atoms with Crippen LogP contribution in [0.2, 0.25) is 0 Å². The molecule has 1 rings (SSSR count). The molecule has 0 aliphatic carbocycles. The largest absolute Gasteiger partial charge is 0.443 e. The lowest BCUT2D eigenvalue weighted by Gasteiger charge is -2.30. The Bertz CT molecular complexity index is 387. The SMILES string of the molecule is C=C1C[C@@](OC)(C(F)(F)F)CN1C(=O)OC(C)(C)C. The number of methoxy groups -OCH3 is 1. The summed E-state index contributed by atoms with van der Waals surface area (Å²) in [6.07, 6.45) is -5.91. The molecule has 0 aromatic carbocycles. The molecule has 0 aromatic heterocycles. The summed E-state index contributed by atoms with van der Waals surface area (Å²) in [7, 11) is 0.972. The lowest BCUT2D eigenvalue weighted by molar-refractivity contribution is -0.263. The summed E-state index contributed by atoms with van der Waals surface area (Å²) in [5.74, 6) is 0. The van der Waals surface area contributed by atoms with Crippen molar-refractivity contribution in [3.05, 3.63) is 12.3 Å². The summed E-state index contributed by atoms with van der Waals surface area (Å²) >= 11 is 0. The van der Waals surface area contributed by atoms with Gasteiger partial charge in [0.15, 0.2) is 5.60 Å². The van der Waals surface area contributed by atoms with Crippen molar-refractivity contribution in [2.24, 2.45) is 0 Å². The van der Waals surface area contributed by atoms with Gasteiger partial charge < -0.3 is 9.47 Å². The summed E-state index contributed by atoms with van der Waals surface area (Å²) in [5.41, 5.74) is -3.15. The zero-order valence-corrected chi connectivity index (χ0v) is 11.4. The molecule has 0 N–H and O–H groups in total. The second-order valence-electron chi connectivity index (χ2n) is 5.51. The molecule has 1 atom stereocenters. The highest BCUT2D eigenvalue weighted by Crippen LogP contribution is 2.44. The number of carbonyl (C=O) groups is 1. The van der Waals surface area contributed by atoms with Gasteiger partial charge in [0.2, 0.25) is 0 Å². The first-order valence-corrected chi connectivity index (χ1v) is 5.72. The number of rotatable bonds is 1. The van der Waals surface area contributed by atoms with Crippen LogP contribution in [-0.4, -0.2) is 42.0 Å². The Labute approximate surface area is 110 Å². The zero-order chi connectivity index (χ0) is 15.1. The third-order valence-electron chi connectivity index (χ3n) is 2.81. The van der Waals surface area contributed by atoms with Gasteiger partial charge >= 0.3 is 12.3 Å². The third kappa shape index (κ3) is 3.20. The predicted molar refractivity (Wildman–Crippen MR) is 62.5 cm³/mol. The molecule has 110 valence electrons. The summed E-state index contributed by atoms with van der Waals surface area (Å²) in [6, 6.07) is 0. The van der Waals surface area contributed by atoms with Crippen LogP contribution in [0, 0.1) is 0 Å². The van der Waals surface area contributed by atoms with Gasteiger partial charge in [-0.3, -0.25) is 4.90 Å². The number of alkyl halides is 3. The van der Waals surface area contributed by atoms with Crippen LogP contribution in [0.15, 0.2) is 12.3 Å². The van der Waals surface area contributed by atoms with Crippen LogP contribution < -0.4 is 0 Å². The highest BCUT2D eigenvalue weighted by Gasteiger charge is 2.61. The molecule has 4 nitrogen and oxygen atoms in total. The van der Waals surface area contributed by atoms with E-state index in [4.69, 9.17) is 4.74 Å². The van der Waals surface area contributed by atoms with Crippen molar-refractivity contribution < 1.29 is 27.4 Å². The van der Waals surface area contributed by atoms with Gasteiger partial charge in [0.25, 0.3) is 0 Å².